The number of anilines is 3. The van der Waals surface area contributed by atoms with Gasteiger partial charge in [-0.3, -0.25) is 9.59 Å². The second-order valence-electron chi connectivity index (χ2n) is 8.80. The van der Waals surface area contributed by atoms with Crippen molar-refractivity contribution in [3.8, 4) is 0 Å². The second kappa shape index (κ2) is 10.7. The molecule has 2 heterocycles. The summed E-state index contributed by atoms with van der Waals surface area (Å²) in [6.07, 6.45) is -1.55. The number of nitrogens with two attached hydrogens (primary N) is 1. The topological polar surface area (TPSA) is 146 Å². The fraction of sp³-hybridized carbons (Fsp3) is 0.222. The number of aliphatic hydroxyl groups excluding tert-OH is 1. The Morgan fingerprint density at radius 3 is 2.49 bits per heavy atom. The van der Waals surface area contributed by atoms with E-state index < -0.39 is 24.0 Å². The number of ether oxygens (including phenoxy) is 1. The SMILES string of the molecule is Nc1nc2ccc(NC(=O)C(O)C(NC(=O)c3ccc(N4CCOCC4)cc3)c3ccccc3)cc2[nH]1. The zero-order valence-electron chi connectivity index (χ0n) is 20.1. The Kier molecular flexibility index (Phi) is 7.02. The van der Waals surface area contributed by atoms with Crippen LogP contribution in [0, 0.1) is 0 Å². The molecule has 1 aliphatic rings. The monoisotopic (exact) mass is 500 g/mol. The second-order valence-corrected chi connectivity index (χ2v) is 8.80. The maximum Gasteiger partial charge on any atom is 0.255 e. The number of nitrogens with zero attached hydrogens (tertiary/aromatic N) is 2. The third-order valence-corrected chi connectivity index (χ3v) is 6.30. The number of aromatic nitrogens is 2. The summed E-state index contributed by atoms with van der Waals surface area (Å²) in [5.74, 6) is -0.796. The summed E-state index contributed by atoms with van der Waals surface area (Å²) in [4.78, 5) is 35.4. The number of carbonyl (C=O) groups excluding carboxylic acids is 2. The number of morpholine rings is 1. The Balaban J connectivity index is 1.32. The lowest BCUT2D eigenvalue weighted by atomic mass is 10.00. The molecule has 10 nitrogen and oxygen atoms in total. The van der Waals surface area contributed by atoms with E-state index in [9.17, 15) is 14.7 Å². The molecule has 0 saturated carbocycles. The fourth-order valence-electron chi connectivity index (χ4n) is 4.35. The number of fused-ring (bicyclic) bond motifs is 1. The quantitative estimate of drug-likeness (QED) is 0.262. The van der Waals surface area contributed by atoms with Gasteiger partial charge in [-0.25, -0.2) is 4.98 Å². The van der Waals surface area contributed by atoms with Gasteiger partial charge in [0.15, 0.2) is 12.1 Å². The van der Waals surface area contributed by atoms with Gasteiger partial charge in [-0.2, -0.15) is 0 Å². The van der Waals surface area contributed by atoms with Crippen LogP contribution in [0.4, 0.5) is 17.3 Å². The van der Waals surface area contributed by atoms with Crippen LogP contribution in [0.1, 0.15) is 22.0 Å². The average Bonchev–Trinajstić information content (AvgIpc) is 3.31. The summed E-state index contributed by atoms with van der Waals surface area (Å²) >= 11 is 0. The number of hydrogen-bond acceptors (Lipinski definition) is 7. The molecule has 2 amide bonds. The Bertz CT molecular complexity index is 1380. The molecular weight excluding hydrogens is 472 g/mol. The average molecular weight is 501 g/mol. The van der Waals surface area contributed by atoms with E-state index in [1.165, 1.54) is 0 Å². The van der Waals surface area contributed by atoms with Crippen LogP contribution in [-0.2, 0) is 9.53 Å². The Morgan fingerprint density at radius 2 is 1.76 bits per heavy atom. The summed E-state index contributed by atoms with van der Waals surface area (Å²) in [6, 6.07) is 20.2. The minimum Gasteiger partial charge on any atom is -0.381 e. The number of benzene rings is 3. The van der Waals surface area contributed by atoms with Crippen LogP contribution in [-0.4, -0.2) is 59.3 Å². The first-order valence-corrected chi connectivity index (χ1v) is 12.0. The highest BCUT2D eigenvalue weighted by Gasteiger charge is 2.29. The first-order valence-electron chi connectivity index (χ1n) is 12.0. The third-order valence-electron chi connectivity index (χ3n) is 6.30. The first-order chi connectivity index (χ1) is 18.0. The molecule has 3 aromatic carbocycles. The number of rotatable bonds is 7. The number of nitrogens with one attached hydrogen (secondary N) is 3. The van der Waals surface area contributed by atoms with E-state index >= 15 is 0 Å². The highest BCUT2D eigenvalue weighted by atomic mass is 16.5. The maximum atomic E-state index is 13.1. The number of aromatic amines is 1. The van der Waals surface area contributed by atoms with Crippen molar-refractivity contribution >= 4 is 40.2 Å². The van der Waals surface area contributed by atoms with Gasteiger partial charge in [0, 0.05) is 30.0 Å². The van der Waals surface area contributed by atoms with E-state index in [0.717, 1.165) is 18.8 Å². The number of nitrogen functional groups attached to an aromatic ring is 1. The standard InChI is InChI=1S/C27H28N6O4/c28-27-30-21-11-8-19(16-22(21)31-27)29-26(36)24(34)23(17-4-2-1-3-5-17)32-25(35)18-6-9-20(10-7-18)33-12-14-37-15-13-33/h1-11,16,23-24,34H,12-15H2,(H,29,36)(H,32,35)(H3,28,30,31). The molecule has 5 rings (SSSR count). The number of amides is 2. The van der Waals surface area contributed by atoms with E-state index in [1.807, 2.05) is 18.2 Å². The fourth-order valence-corrected chi connectivity index (χ4v) is 4.35. The van der Waals surface area contributed by atoms with Gasteiger partial charge in [0.25, 0.3) is 11.8 Å². The van der Waals surface area contributed by atoms with E-state index in [0.29, 0.717) is 41.1 Å². The van der Waals surface area contributed by atoms with Crippen LogP contribution in [0.5, 0.6) is 0 Å². The van der Waals surface area contributed by atoms with E-state index in [-0.39, 0.29) is 5.95 Å². The molecule has 2 atom stereocenters. The molecule has 0 aliphatic carbocycles. The van der Waals surface area contributed by atoms with Crippen LogP contribution in [0.25, 0.3) is 11.0 Å². The molecule has 1 aliphatic heterocycles. The molecule has 0 radical (unpaired) electrons. The van der Waals surface area contributed by atoms with Crippen molar-refractivity contribution in [3.63, 3.8) is 0 Å². The first kappa shape index (κ1) is 24.3. The molecule has 2 unspecified atom stereocenters. The van der Waals surface area contributed by atoms with Gasteiger partial charge in [-0.1, -0.05) is 30.3 Å². The summed E-state index contributed by atoms with van der Waals surface area (Å²) in [5, 5.41) is 16.6. The summed E-state index contributed by atoms with van der Waals surface area (Å²) < 4.78 is 5.40. The molecule has 0 spiro atoms. The smallest absolute Gasteiger partial charge is 0.255 e. The molecule has 6 N–H and O–H groups in total. The van der Waals surface area contributed by atoms with E-state index in [4.69, 9.17) is 10.5 Å². The van der Waals surface area contributed by atoms with Crippen LogP contribution in [0.3, 0.4) is 0 Å². The van der Waals surface area contributed by atoms with Crippen LogP contribution in [0.2, 0.25) is 0 Å². The zero-order chi connectivity index (χ0) is 25.8. The molecule has 190 valence electrons. The number of H-pyrrole nitrogens is 1. The Hall–Kier alpha value is -4.41. The Morgan fingerprint density at radius 1 is 1.03 bits per heavy atom. The maximum absolute atomic E-state index is 13.1. The van der Waals surface area contributed by atoms with Crippen molar-refractivity contribution in [2.75, 3.05) is 42.3 Å². The summed E-state index contributed by atoms with van der Waals surface area (Å²) in [7, 11) is 0. The van der Waals surface area contributed by atoms with Crippen molar-refractivity contribution in [3.05, 3.63) is 83.9 Å². The molecule has 1 aromatic heterocycles. The van der Waals surface area contributed by atoms with Crippen molar-refractivity contribution in [2.45, 2.75) is 12.1 Å². The largest absolute Gasteiger partial charge is 0.381 e. The number of imidazole rings is 1. The lowest BCUT2D eigenvalue weighted by Gasteiger charge is -2.29. The van der Waals surface area contributed by atoms with E-state index in [2.05, 4.69) is 25.5 Å². The highest BCUT2D eigenvalue weighted by molar-refractivity contribution is 5.98. The summed E-state index contributed by atoms with van der Waals surface area (Å²) in [6.45, 7) is 2.93. The van der Waals surface area contributed by atoms with Crippen molar-refractivity contribution in [1.29, 1.82) is 0 Å². The number of carbonyl (C=O) groups is 2. The van der Waals surface area contributed by atoms with Crippen LogP contribution < -0.4 is 21.3 Å². The molecule has 1 saturated heterocycles. The predicted octanol–water partition coefficient (Wildman–Crippen LogP) is 2.45. The lowest BCUT2D eigenvalue weighted by molar-refractivity contribution is -0.125. The van der Waals surface area contributed by atoms with Crippen molar-refractivity contribution < 1.29 is 19.4 Å². The normalized spacial score (nSPS) is 15.2. The molecule has 4 aromatic rings. The zero-order valence-corrected chi connectivity index (χ0v) is 20.1. The highest BCUT2D eigenvalue weighted by Crippen LogP contribution is 2.23. The molecule has 37 heavy (non-hydrogen) atoms. The molecule has 1 fully saturated rings. The van der Waals surface area contributed by atoms with Crippen LogP contribution in [0.15, 0.2) is 72.8 Å². The van der Waals surface area contributed by atoms with Crippen LogP contribution >= 0.6 is 0 Å². The minimum absolute atomic E-state index is 0.267. The Labute approximate surface area is 213 Å². The van der Waals surface area contributed by atoms with E-state index in [1.54, 1.807) is 54.6 Å². The molecular formula is C27H28N6O4. The minimum atomic E-state index is -1.55. The van der Waals surface area contributed by atoms with Gasteiger partial charge >= 0.3 is 0 Å². The van der Waals surface area contributed by atoms with Gasteiger partial charge in [0.2, 0.25) is 0 Å². The van der Waals surface area contributed by atoms with Crippen molar-refractivity contribution in [1.82, 2.24) is 15.3 Å². The van der Waals surface area contributed by atoms with Gasteiger partial charge in [-0.05, 0) is 48.0 Å². The van der Waals surface area contributed by atoms with Gasteiger partial charge < -0.3 is 36.1 Å². The van der Waals surface area contributed by atoms with Crippen molar-refractivity contribution in [2.24, 2.45) is 0 Å². The molecule has 0 bridgehead atoms. The number of aliphatic hydroxyl groups is 1. The summed E-state index contributed by atoms with van der Waals surface area (Å²) in [5.41, 5.74) is 9.49. The predicted molar refractivity (Wildman–Crippen MR) is 141 cm³/mol. The third kappa shape index (κ3) is 5.55. The molecule has 10 heteroatoms. The van der Waals surface area contributed by atoms with Gasteiger partial charge in [0.1, 0.15) is 0 Å². The lowest BCUT2D eigenvalue weighted by Crippen LogP contribution is -2.42. The van der Waals surface area contributed by atoms with Gasteiger partial charge in [-0.15, -0.1) is 0 Å². The van der Waals surface area contributed by atoms with Gasteiger partial charge in [0.05, 0.1) is 30.3 Å². The number of hydrogen-bond donors (Lipinski definition) is 5.